The molecular weight excluding hydrogens is 262 g/mol. The molecule has 1 aromatic carbocycles. The fourth-order valence-corrected chi connectivity index (χ4v) is 2.17. The van der Waals surface area contributed by atoms with Crippen LogP contribution in [0.15, 0.2) is 42.5 Å². The first-order valence-corrected chi connectivity index (χ1v) is 6.35. The van der Waals surface area contributed by atoms with Crippen LogP contribution >= 0.6 is 11.6 Å². The van der Waals surface area contributed by atoms with E-state index < -0.39 is 11.9 Å². The number of carbonyl (C=O) groups is 1. The third-order valence-corrected chi connectivity index (χ3v) is 3.32. The van der Waals surface area contributed by atoms with E-state index in [1.54, 1.807) is 12.1 Å². The summed E-state index contributed by atoms with van der Waals surface area (Å²) >= 11 is 6.08. The molecule has 0 spiro atoms. The van der Waals surface area contributed by atoms with Crippen molar-refractivity contribution >= 4 is 17.6 Å². The van der Waals surface area contributed by atoms with Gasteiger partial charge in [0.25, 0.3) is 0 Å². The highest BCUT2D eigenvalue weighted by Crippen LogP contribution is 2.24. The van der Waals surface area contributed by atoms with Crippen molar-refractivity contribution < 1.29 is 9.90 Å². The predicted molar refractivity (Wildman–Crippen MR) is 74.5 cm³/mol. The fourth-order valence-electron chi connectivity index (χ4n) is 1.96. The molecule has 4 heteroatoms. The minimum atomic E-state index is -0.891. The lowest BCUT2D eigenvalue weighted by molar-refractivity contribution is -0.138. The van der Waals surface area contributed by atoms with Crippen molar-refractivity contribution in [1.82, 2.24) is 4.98 Å². The number of benzene rings is 1. The quantitative estimate of drug-likeness (QED) is 0.930. The van der Waals surface area contributed by atoms with Crippen LogP contribution in [0.25, 0.3) is 0 Å². The molecule has 0 aliphatic carbocycles. The van der Waals surface area contributed by atoms with Gasteiger partial charge in [-0.25, -0.2) is 0 Å². The van der Waals surface area contributed by atoms with Crippen LogP contribution in [0.4, 0.5) is 0 Å². The molecule has 1 unspecified atom stereocenters. The molecule has 0 aliphatic heterocycles. The Hall–Kier alpha value is -1.87. The lowest BCUT2D eigenvalue weighted by Crippen LogP contribution is -2.16. The first-order chi connectivity index (χ1) is 9.08. The topological polar surface area (TPSA) is 50.2 Å². The summed E-state index contributed by atoms with van der Waals surface area (Å²) in [6.07, 6.45) is 0.339. The Morgan fingerprint density at radius 1 is 1.26 bits per heavy atom. The molecule has 0 saturated carbocycles. The van der Waals surface area contributed by atoms with Crippen molar-refractivity contribution in [3.8, 4) is 0 Å². The number of hydrogen-bond donors (Lipinski definition) is 1. The Kier molecular flexibility index (Phi) is 4.17. The maximum Gasteiger partial charge on any atom is 0.312 e. The van der Waals surface area contributed by atoms with Crippen LogP contribution < -0.4 is 0 Å². The molecule has 3 nitrogen and oxygen atoms in total. The van der Waals surface area contributed by atoms with Crippen LogP contribution in [0, 0.1) is 6.92 Å². The summed E-state index contributed by atoms with van der Waals surface area (Å²) < 4.78 is 0. The van der Waals surface area contributed by atoms with Gasteiger partial charge >= 0.3 is 5.97 Å². The first-order valence-electron chi connectivity index (χ1n) is 5.97. The van der Waals surface area contributed by atoms with Gasteiger partial charge in [-0.05, 0) is 37.1 Å². The standard InChI is InChI=1S/C15H14ClNO2/c1-10-5-4-8-14(17-10)12(15(18)19)9-11-6-2-3-7-13(11)16/h2-8,12H,9H2,1H3,(H,18,19). The van der Waals surface area contributed by atoms with E-state index in [4.69, 9.17) is 11.6 Å². The first kappa shape index (κ1) is 13.6. The number of pyridine rings is 1. The third-order valence-electron chi connectivity index (χ3n) is 2.95. The van der Waals surface area contributed by atoms with E-state index in [-0.39, 0.29) is 0 Å². The van der Waals surface area contributed by atoms with Gasteiger partial charge in [-0.3, -0.25) is 9.78 Å². The molecule has 0 amide bonds. The normalized spacial score (nSPS) is 12.1. The number of aliphatic carboxylic acids is 1. The average Bonchev–Trinajstić information content (AvgIpc) is 2.37. The van der Waals surface area contributed by atoms with E-state index in [0.717, 1.165) is 11.3 Å². The Morgan fingerprint density at radius 3 is 2.63 bits per heavy atom. The maximum atomic E-state index is 11.4. The number of halogens is 1. The third kappa shape index (κ3) is 3.32. The summed E-state index contributed by atoms with van der Waals surface area (Å²) in [5.74, 6) is -1.57. The summed E-state index contributed by atoms with van der Waals surface area (Å²) in [6.45, 7) is 1.85. The van der Waals surface area contributed by atoms with Gasteiger partial charge in [-0.1, -0.05) is 35.9 Å². The molecule has 1 atom stereocenters. The highest BCUT2D eigenvalue weighted by Gasteiger charge is 2.22. The van der Waals surface area contributed by atoms with Gasteiger partial charge < -0.3 is 5.11 Å². The van der Waals surface area contributed by atoms with Crippen molar-refractivity contribution in [3.05, 3.63) is 64.4 Å². The van der Waals surface area contributed by atoms with Crippen LogP contribution in [0.3, 0.4) is 0 Å². The fraction of sp³-hybridized carbons (Fsp3) is 0.200. The second kappa shape index (κ2) is 5.85. The molecular formula is C15H14ClNO2. The van der Waals surface area contributed by atoms with Crippen LogP contribution in [-0.4, -0.2) is 16.1 Å². The molecule has 98 valence electrons. The number of aryl methyl sites for hydroxylation is 1. The largest absolute Gasteiger partial charge is 0.481 e. The van der Waals surface area contributed by atoms with Crippen LogP contribution in [-0.2, 0) is 11.2 Å². The monoisotopic (exact) mass is 275 g/mol. The zero-order valence-electron chi connectivity index (χ0n) is 10.5. The van der Waals surface area contributed by atoms with Gasteiger partial charge in [0.1, 0.15) is 5.92 Å². The van der Waals surface area contributed by atoms with Gasteiger partial charge in [0.05, 0.1) is 5.69 Å². The number of hydrogen-bond acceptors (Lipinski definition) is 2. The molecule has 1 aromatic heterocycles. The Labute approximate surface area is 116 Å². The highest BCUT2D eigenvalue weighted by molar-refractivity contribution is 6.31. The van der Waals surface area contributed by atoms with E-state index in [0.29, 0.717) is 17.1 Å². The van der Waals surface area contributed by atoms with Crippen LogP contribution in [0.5, 0.6) is 0 Å². The lowest BCUT2D eigenvalue weighted by atomic mass is 9.95. The number of carboxylic acid groups (broad SMARTS) is 1. The molecule has 1 heterocycles. The number of aromatic nitrogens is 1. The number of carboxylic acids is 1. The minimum absolute atomic E-state index is 0.339. The van der Waals surface area contributed by atoms with E-state index in [1.165, 1.54) is 0 Å². The number of nitrogens with zero attached hydrogens (tertiary/aromatic N) is 1. The maximum absolute atomic E-state index is 11.4. The van der Waals surface area contributed by atoms with Gasteiger partial charge in [-0.2, -0.15) is 0 Å². The molecule has 0 aliphatic rings. The number of rotatable bonds is 4. The zero-order chi connectivity index (χ0) is 13.8. The smallest absolute Gasteiger partial charge is 0.312 e. The van der Waals surface area contributed by atoms with Crippen molar-refractivity contribution in [1.29, 1.82) is 0 Å². The molecule has 2 aromatic rings. The Morgan fingerprint density at radius 2 is 2.00 bits per heavy atom. The van der Waals surface area contributed by atoms with Crippen molar-refractivity contribution in [2.45, 2.75) is 19.3 Å². The van der Waals surface area contributed by atoms with Crippen molar-refractivity contribution in [2.75, 3.05) is 0 Å². The van der Waals surface area contributed by atoms with Gasteiger partial charge in [0, 0.05) is 10.7 Å². The molecule has 0 fully saturated rings. The molecule has 0 bridgehead atoms. The summed E-state index contributed by atoms with van der Waals surface area (Å²) in [4.78, 5) is 15.7. The molecule has 0 radical (unpaired) electrons. The van der Waals surface area contributed by atoms with E-state index in [2.05, 4.69) is 4.98 Å². The minimum Gasteiger partial charge on any atom is -0.481 e. The van der Waals surface area contributed by atoms with Crippen molar-refractivity contribution in [3.63, 3.8) is 0 Å². The predicted octanol–water partition coefficient (Wildman–Crippen LogP) is 3.45. The SMILES string of the molecule is Cc1cccc(C(Cc2ccccc2Cl)C(=O)O)n1. The second-order valence-corrected chi connectivity index (χ2v) is 4.80. The zero-order valence-corrected chi connectivity index (χ0v) is 11.3. The van der Waals surface area contributed by atoms with Crippen molar-refractivity contribution in [2.24, 2.45) is 0 Å². The van der Waals surface area contributed by atoms with E-state index in [1.807, 2.05) is 37.3 Å². The van der Waals surface area contributed by atoms with Crippen LogP contribution in [0.2, 0.25) is 5.02 Å². The molecule has 1 N–H and O–H groups in total. The Bertz CT molecular complexity index is 598. The molecule has 19 heavy (non-hydrogen) atoms. The Balaban J connectivity index is 2.32. The van der Waals surface area contributed by atoms with Gasteiger partial charge in [-0.15, -0.1) is 0 Å². The van der Waals surface area contributed by atoms with Crippen LogP contribution in [0.1, 0.15) is 22.9 Å². The lowest BCUT2D eigenvalue weighted by Gasteiger charge is -2.13. The summed E-state index contributed by atoms with van der Waals surface area (Å²) in [5, 5.41) is 9.97. The van der Waals surface area contributed by atoms with Gasteiger partial charge in [0.15, 0.2) is 0 Å². The molecule has 0 saturated heterocycles. The van der Waals surface area contributed by atoms with Gasteiger partial charge in [0.2, 0.25) is 0 Å². The second-order valence-electron chi connectivity index (χ2n) is 4.39. The molecule has 2 rings (SSSR count). The average molecular weight is 276 g/mol. The summed E-state index contributed by atoms with van der Waals surface area (Å²) in [6, 6.07) is 12.7. The van der Waals surface area contributed by atoms with E-state index in [9.17, 15) is 9.90 Å². The summed E-state index contributed by atoms with van der Waals surface area (Å²) in [7, 11) is 0. The summed E-state index contributed by atoms with van der Waals surface area (Å²) in [5.41, 5.74) is 2.19. The highest BCUT2D eigenvalue weighted by atomic mass is 35.5. The van der Waals surface area contributed by atoms with E-state index >= 15 is 0 Å².